The maximum Gasteiger partial charge on any atom is 0.416 e. The van der Waals surface area contributed by atoms with Crippen LogP contribution in [0.15, 0.2) is 67.5 Å². The minimum Gasteiger partial charge on any atom is -0.322 e. The van der Waals surface area contributed by atoms with Crippen LogP contribution in [0.25, 0.3) is 10.3 Å². The fourth-order valence-electron chi connectivity index (χ4n) is 3.12. The van der Waals surface area contributed by atoms with Crippen LogP contribution in [0.4, 0.5) is 35.6 Å². The van der Waals surface area contributed by atoms with E-state index >= 15 is 0 Å². The second-order valence-corrected chi connectivity index (χ2v) is 8.17. The second kappa shape index (κ2) is 9.50. The van der Waals surface area contributed by atoms with Crippen LogP contribution in [0.5, 0.6) is 0 Å². The van der Waals surface area contributed by atoms with Crippen molar-refractivity contribution in [3.63, 3.8) is 0 Å². The lowest BCUT2D eigenvalue weighted by Gasteiger charge is -2.18. The van der Waals surface area contributed by atoms with Gasteiger partial charge in [0.1, 0.15) is 5.52 Å². The normalized spacial score (nSPS) is 11.2. The van der Waals surface area contributed by atoms with Gasteiger partial charge in [-0.15, -0.1) is 0 Å². The summed E-state index contributed by atoms with van der Waals surface area (Å²) in [6.07, 6.45) is -1.57. The van der Waals surface area contributed by atoms with E-state index in [-0.39, 0.29) is 17.4 Å². The Bertz CT molecular complexity index is 1440. The number of fused-ring (bicyclic) bond motifs is 1. The van der Waals surface area contributed by atoms with Crippen molar-refractivity contribution in [2.45, 2.75) is 13.1 Å². The highest BCUT2D eigenvalue weighted by molar-refractivity contribution is 7.21. The molecule has 0 aliphatic carbocycles. The SMILES string of the molecule is C=CN(c1cccc(NC(=O)c2cccc(C(F)(F)F)c2)c1)c1ncc2nc(NC(C)=O)sc2n1. The Morgan fingerprint density at radius 2 is 1.86 bits per heavy atom. The highest BCUT2D eigenvalue weighted by Crippen LogP contribution is 2.31. The van der Waals surface area contributed by atoms with E-state index in [4.69, 9.17) is 0 Å². The van der Waals surface area contributed by atoms with Gasteiger partial charge in [0.2, 0.25) is 11.9 Å². The highest BCUT2D eigenvalue weighted by atomic mass is 32.1. The van der Waals surface area contributed by atoms with Crippen LogP contribution in [-0.4, -0.2) is 26.8 Å². The highest BCUT2D eigenvalue weighted by Gasteiger charge is 2.30. The second-order valence-electron chi connectivity index (χ2n) is 7.20. The molecule has 35 heavy (non-hydrogen) atoms. The van der Waals surface area contributed by atoms with Gasteiger partial charge in [-0.2, -0.15) is 18.2 Å². The maximum atomic E-state index is 13.0. The first-order chi connectivity index (χ1) is 16.6. The molecule has 2 aromatic heterocycles. The number of hydrogen-bond acceptors (Lipinski definition) is 7. The number of halogens is 3. The molecule has 2 amide bonds. The minimum atomic E-state index is -4.55. The quantitative estimate of drug-likeness (QED) is 0.359. The number of nitrogens with one attached hydrogen (secondary N) is 2. The van der Waals surface area contributed by atoms with Crippen LogP contribution in [0, 0.1) is 0 Å². The van der Waals surface area contributed by atoms with Crippen LogP contribution in [0.2, 0.25) is 0 Å². The van der Waals surface area contributed by atoms with E-state index in [1.807, 2.05) is 0 Å². The molecule has 0 radical (unpaired) electrons. The molecule has 4 rings (SSSR count). The number of nitrogens with zero attached hydrogens (tertiary/aromatic N) is 4. The van der Waals surface area contributed by atoms with Crippen LogP contribution in [0.3, 0.4) is 0 Å². The Balaban J connectivity index is 1.58. The number of hydrogen-bond donors (Lipinski definition) is 2. The molecule has 0 bridgehead atoms. The number of aromatic nitrogens is 3. The Kier molecular flexibility index (Phi) is 6.47. The van der Waals surface area contributed by atoms with Crippen molar-refractivity contribution < 1.29 is 22.8 Å². The van der Waals surface area contributed by atoms with Gasteiger partial charge in [-0.25, -0.2) is 9.97 Å². The Hall–Kier alpha value is -4.32. The van der Waals surface area contributed by atoms with Gasteiger partial charge in [0.25, 0.3) is 5.91 Å². The largest absolute Gasteiger partial charge is 0.416 e. The Morgan fingerprint density at radius 1 is 1.09 bits per heavy atom. The summed E-state index contributed by atoms with van der Waals surface area (Å²) in [5.74, 6) is -0.674. The van der Waals surface area contributed by atoms with Gasteiger partial charge >= 0.3 is 6.18 Å². The molecule has 4 aromatic rings. The fraction of sp³-hybridized carbons (Fsp3) is 0.0870. The summed E-state index contributed by atoms with van der Waals surface area (Å²) in [6.45, 7) is 5.17. The van der Waals surface area contributed by atoms with E-state index in [1.54, 1.807) is 29.2 Å². The van der Waals surface area contributed by atoms with Crippen LogP contribution >= 0.6 is 11.3 Å². The topological polar surface area (TPSA) is 100 Å². The molecule has 0 spiro atoms. The molecule has 0 aliphatic heterocycles. The van der Waals surface area contributed by atoms with Gasteiger partial charge in [0.05, 0.1) is 17.4 Å². The van der Waals surface area contributed by atoms with E-state index in [0.717, 1.165) is 12.1 Å². The molecule has 12 heteroatoms. The monoisotopic (exact) mass is 498 g/mol. The summed E-state index contributed by atoms with van der Waals surface area (Å²) >= 11 is 1.18. The molecule has 8 nitrogen and oxygen atoms in total. The van der Waals surface area contributed by atoms with Crippen molar-refractivity contribution in [1.82, 2.24) is 15.0 Å². The number of rotatable bonds is 6. The molecule has 0 fully saturated rings. The van der Waals surface area contributed by atoms with E-state index in [2.05, 4.69) is 32.2 Å². The molecular weight excluding hydrogens is 481 g/mol. The number of amides is 2. The van der Waals surface area contributed by atoms with Crippen molar-refractivity contribution in [2.24, 2.45) is 0 Å². The maximum absolute atomic E-state index is 13.0. The lowest BCUT2D eigenvalue weighted by atomic mass is 10.1. The van der Waals surface area contributed by atoms with Crippen molar-refractivity contribution in [3.8, 4) is 0 Å². The van der Waals surface area contributed by atoms with Gasteiger partial charge in [0.15, 0.2) is 9.96 Å². The summed E-state index contributed by atoms with van der Waals surface area (Å²) in [5, 5.41) is 5.60. The zero-order valence-corrected chi connectivity index (χ0v) is 18.9. The molecule has 2 heterocycles. The number of anilines is 4. The van der Waals surface area contributed by atoms with Gasteiger partial charge in [-0.3, -0.25) is 14.5 Å². The smallest absolute Gasteiger partial charge is 0.322 e. The van der Waals surface area contributed by atoms with Gasteiger partial charge < -0.3 is 10.6 Å². The van der Waals surface area contributed by atoms with Crippen LogP contribution < -0.4 is 15.5 Å². The molecule has 0 unspecified atom stereocenters. The van der Waals surface area contributed by atoms with Gasteiger partial charge in [-0.1, -0.05) is 30.0 Å². The van der Waals surface area contributed by atoms with Gasteiger partial charge in [-0.05, 0) is 36.4 Å². The number of carbonyl (C=O) groups is 2. The molecular formula is C23H17F3N6O2S. The average Bonchev–Trinajstić information content (AvgIpc) is 3.20. The number of alkyl halides is 3. The van der Waals surface area contributed by atoms with E-state index in [9.17, 15) is 22.8 Å². The third-order valence-electron chi connectivity index (χ3n) is 4.65. The van der Waals surface area contributed by atoms with Crippen molar-refractivity contribution >= 4 is 56.0 Å². The standard InChI is InChI=1S/C23H17F3N6O2S/c1-3-32(21-27-12-18-20(31-21)35-22(30-18)28-13(2)33)17-9-5-8-16(11-17)29-19(34)14-6-4-7-15(10-14)23(24,25)26/h3-12H,1H2,2H3,(H,29,34)(H,28,30,33). The molecule has 178 valence electrons. The van der Waals surface area contributed by atoms with Crippen molar-refractivity contribution in [1.29, 1.82) is 0 Å². The summed E-state index contributed by atoms with van der Waals surface area (Å²) in [6, 6.07) is 10.8. The summed E-state index contributed by atoms with van der Waals surface area (Å²) in [7, 11) is 0. The molecule has 2 N–H and O–H groups in total. The molecule has 0 atom stereocenters. The number of benzene rings is 2. The molecule has 0 aliphatic rings. The molecule has 0 saturated heterocycles. The van der Waals surface area contributed by atoms with Crippen molar-refractivity contribution in [3.05, 3.63) is 78.6 Å². The van der Waals surface area contributed by atoms with Crippen LogP contribution in [0.1, 0.15) is 22.8 Å². The summed E-state index contributed by atoms with van der Waals surface area (Å²) in [4.78, 5) is 39.0. The van der Waals surface area contributed by atoms with Gasteiger partial charge in [0, 0.05) is 24.4 Å². The van der Waals surface area contributed by atoms with Crippen molar-refractivity contribution in [2.75, 3.05) is 15.5 Å². The predicted molar refractivity (Wildman–Crippen MR) is 128 cm³/mol. The predicted octanol–water partition coefficient (Wildman–Crippen LogP) is 5.60. The zero-order chi connectivity index (χ0) is 25.2. The van der Waals surface area contributed by atoms with E-state index in [0.29, 0.717) is 26.9 Å². The minimum absolute atomic E-state index is 0.125. The number of thiazole rings is 1. The third-order valence-corrected chi connectivity index (χ3v) is 5.53. The first-order valence-electron chi connectivity index (χ1n) is 10.1. The lowest BCUT2D eigenvalue weighted by Crippen LogP contribution is -2.15. The fourth-order valence-corrected chi connectivity index (χ4v) is 3.97. The van der Waals surface area contributed by atoms with E-state index in [1.165, 1.54) is 42.8 Å². The number of carbonyl (C=O) groups excluding carboxylic acids is 2. The molecule has 0 saturated carbocycles. The summed E-state index contributed by atoms with van der Waals surface area (Å²) < 4.78 is 38.9. The lowest BCUT2D eigenvalue weighted by molar-refractivity contribution is -0.137. The first-order valence-corrected chi connectivity index (χ1v) is 10.9. The third kappa shape index (κ3) is 5.44. The first kappa shape index (κ1) is 23.8. The van der Waals surface area contributed by atoms with Crippen LogP contribution in [-0.2, 0) is 11.0 Å². The average molecular weight is 498 g/mol. The zero-order valence-electron chi connectivity index (χ0n) is 18.1. The Labute approximate surface area is 201 Å². The summed E-state index contributed by atoms with van der Waals surface area (Å²) in [5.41, 5.74) is 0.374. The Morgan fingerprint density at radius 3 is 2.57 bits per heavy atom. The molecule has 2 aromatic carbocycles. The van der Waals surface area contributed by atoms with E-state index < -0.39 is 17.6 Å².